The molecule has 10 heteroatoms. The van der Waals surface area contributed by atoms with Crippen LogP contribution < -0.4 is 16.3 Å². The van der Waals surface area contributed by atoms with Gasteiger partial charge in [-0.3, -0.25) is 18.7 Å². The number of anilines is 2. The summed E-state index contributed by atoms with van der Waals surface area (Å²) in [7, 11) is 1.70. The summed E-state index contributed by atoms with van der Waals surface area (Å²) < 4.78 is 3.22. The maximum absolute atomic E-state index is 12.9. The van der Waals surface area contributed by atoms with Crippen molar-refractivity contribution in [1.82, 2.24) is 19.4 Å². The number of hydrogen-bond donors (Lipinski definition) is 2. The fourth-order valence-electron chi connectivity index (χ4n) is 3.83. The summed E-state index contributed by atoms with van der Waals surface area (Å²) in [6, 6.07) is 8.92. The molecular weight excluding hydrogens is 456 g/mol. The van der Waals surface area contributed by atoms with Crippen LogP contribution in [0.3, 0.4) is 0 Å². The molecule has 1 aromatic carbocycles. The van der Waals surface area contributed by atoms with Crippen LogP contribution in [0.15, 0.2) is 29.1 Å². The molecule has 3 aromatic rings. The minimum absolute atomic E-state index is 0.0535. The Labute approximate surface area is 202 Å². The molecule has 0 fully saturated rings. The van der Waals surface area contributed by atoms with Gasteiger partial charge in [-0.05, 0) is 44.5 Å². The summed E-state index contributed by atoms with van der Waals surface area (Å²) in [5, 5.41) is 15.5. The SMILES string of the molecule is CCC(=O)c1cc(Nc2ccc3c(c2)n(CCC(C)(C)NC(C)=O)c(=O)n3C)c(C#N)c(Cl)n1. The number of nitrogens with zero attached hydrogens (tertiary/aromatic N) is 4. The Kier molecular flexibility index (Phi) is 7.12. The summed E-state index contributed by atoms with van der Waals surface area (Å²) in [5.41, 5.74) is 2.04. The van der Waals surface area contributed by atoms with Crippen molar-refractivity contribution in [2.75, 3.05) is 5.32 Å². The van der Waals surface area contributed by atoms with Gasteiger partial charge < -0.3 is 10.6 Å². The molecule has 0 bridgehead atoms. The molecule has 3 rings (SSSR count). The molecule has 0 aliphatic heterocycles. The molecule has 178 valence electrons. The Hall–Kier alpha value is -3.64. The number of carbonyl (C=O) groups excluding carboxylic acids is 2. The van der Waals surface area contributed by atoms with E-state index in [1.54, 1.807) is 35.2 Å². The number of amides is 1. The average Bonchev–Trinajstić information content (AvgIpc) is 3.00. The number of aromatic nitrogens is 3. The second kappa shape index (κ2) is 9.69. The zero-order valence-corrected chi connectivity index (χ0v) is 20.6. The molecular formula is C24H27ClN6O3. The highest BCUT2D eigenvalue weighted by molar-refractivity contribution is 6.31. The van der Waals surface area contributed by atoms with Gasteiger partial charge in [0.2, 0.25) is 5.91 Å². The first kappa shape index (κ1) is 25.0. The summed E-state index contributed by atoms with van der Waals surface area (Å²) >= 11 is 6.16. The van der Waals surface area contributed by atoms with Crippen molar-refractivity contribution < 1.29 is 9.59 Å². The van der Waals surface area contributed by atoms with Crippen LogP contribution >= 0.6 is 11.6 Å². The summed E-state index contributed by atoms with van der Waals surface area (Å²) in [5.74, 6) is -0.324. The molecule has 9 nitrogen and oxygen atoms in total. The summed E-state index contributed by atoms with van der Waals surface area (Å²) in [4.78, 5) is 40.6. The standard InChI is InChI=1S/C24H27ClN6O3/c1-6-21(33)18-12-17(16(13-26)22(25)28-18)27-15-7-8-19-20(11-15)31(23(34)30(19)5)10-9-24(3,4)29-14(2)32/h7-8,11-12H,6,9-10H2,1-5H3,(H,27,28)(H,29,32). The van der Waals surface area contributed by atoms with E-state index < -0.39 is 5.54 Å². The number of fused-ring (bicyclic) bond motifs is 1. The summed E-state index contributed by atoms with van der Waals surface area (Å²) in [6.45, 7) is 7.39. The van der Waals surface area contributed by atoms with E-state index in [0.29, 0.717) is 29.9 Å². The van der Waals surface area contributed by atoms with Crippen molar-refractivity contribution in [1.29, 1.82) is 5.26 Å². The second-order valence-electron chi connectivity index (χ2n) is 8.75. The number of halogens is 1. The lowest BCUT2D eigenvalue weighted by Gasteiger charge is -2.25. The highest BCUT2D eigenvalue weighted by Crippen LogP contribution is 2.28. The quantitative estimate of drug-likeness (QED) is 0.371. The zero-order chi connectivity index (χ0) is 25.2. The number of nitrogens with one attached hydrogen (secondary N) is 2. The molecule has 2 N–H and O–H groups in total. The monoisotopic (exact) mass is 482 g/mol. The third-order valence-electron chi connectivity index (χ3n) is 5.59. The van der Waals surface area contributed by atoms with E-state index in [2.05, 4.69) is 15.6 Å². The van der Waals surface area contributed by atoms with Gasteiger partial charge in [-0.2, -0.15) is 5.26 Å². The molecule has 0 aliphatic carbocycles. The van der Waals surface area contributed by atoms with Gasteiger partial charge in [0.25, 0.3) is 0 Å². The largest absolute Gasteiger partial charge is 0.354 e. The molecule has 0 aliphatic rings. The van der Waals surface area contributed by atoms with Gasteiger partial charge in [-0.15, -0.1) is 0 Å². The number of imidazole rings is 1. The number of carbonyl (C=O) groups is 2. The Balaban J connectivity index is 2.02. The molecule has 1 amide bonds. The first-order valence-corrected chi connectivity index (χ1v) is 11.2. The average molecular weight is 483 g/mol. The number of Topliss-reactive ketones (excluding diaryl/α,β-unsaturated/α-hetero) is 1. The Morgan fingerprint density at radius 3 is 2.56 bits per heavy atom. The van der Waals surface area contributed by atoms with Crippen molar-refractivity contribution in [2.24, 2.45) is 7.05 Å². The molecule has 2 heterocycles. The topological polar surface area (TPSA) is 122 Å². The first-order chi connectivity index (χ1) is 16.0. The number of pyridine rings is 1. The number of benzene rings is 1. The molecule has 2 aromatic heterocycles. The molecule has 0 atom stereocenters. The fraction of sp³-hybridized carbons (Fsp3) is 0.375. The van der Waals surface area contributed by atoms with Gasteiger partial charge in [0.05, 0.1) is 16.7 Å². The van der Waals surface area contributed by atoms with Crippen LogP contribution in [0, 0.1) is 11.3 Å². The van der Waals surface area contributed by atoms with Crippen molar-refractivity contribution in [3.63, 3.8) is 0 Å². The third-order valence-corrected chi connectivity index (χ3v) is 5.87. The van der Waals surface area contributed by atoms with Crippen LogP contribution in [0.4, 0.5) is 11.4 Å². The van der Waals surface area contributed by atoms with E-state index >= 15 is 0 Å². The van der Waals surface area contributed by atoms with Crippen molar-refractivity contribution in [2.45, 2.75) is 52.6 Å². The lowest BCUT2D eigenvalue weighted by molar-refractivity contribution is -0.120. The van der Waals surface area contributed by atoms with E-state index in [-0.39, 0.29) is 40.2 Å². The maximum atomic E-state index is 12.9. The van der Waals surface area contributed by atoms with Crippen molar-refractivity contribution in [3.8, 4) is 6.07 Å². The van der Waals surface area contributed by atoms with Crippen LogP contribution in [0.25, 0.3) is 11.0 Å². The molecule has 0 radical (unpaired) electrons. The molecule has 0 spiro atoms. The highest BCUT2D eigenvalue weighted by Gasteiger charge is 2.21. The van der Waals surface area contributed by atoms with Crippen LogP contribution in [-0.4, -0.2) is 31.3 Å². The van der Waals surface area contributed by atoms with E-state index in [9.17, 15) is 19.6 Å². The molecule has 0 unspecified atom stereocenters. The maximum Gasteiger partial charge on any atom is 0.328 e. The van der Waals surface area contributed by atoms with E-state index in [1.165, 1.54) is 13.0 Å². The van der Waals surface area contributed by atoms with Crippen LogP contribution in [0.5, 0.6) is 0 Å². The number of rotatable bonds is 8. The fourth-order valence-corrected chi connectivity index (χ4v) is 4.07. The number of nitriles is 1. The number of hydrogen-bond acceptors (Lipinski definition) is 6. The lowest BCUT2D eigenvalue weighted by Crippen LogP contribution is -2.43. The van der Waals surface area contributed by atoms with Gasteiger partial charge in [0.15, 0.2) is 5.78 Å². The Morgan fingerprint density at radius 1 is 1.24 bits per heavy atom. The van der Waals surface area contributed by atoms with Gasteiger partial charge in [0.1, 0.15) is 22.5 Å². The predicted molar refractivity (Wildman–Crippen MR) is 132 cm³/mol. The first-order valence-electron chi connectivity index (χ1n) is 10.9. The predicted octanol–water partition coefficient (Wildman–Crippen LogP) is 3.90. The van der Waals surface area contributed by atoms with E-state index in [4.69, 9.17) is 11.6 Å². The summed E-state index contributed by atoms with van der Waals surface area (Å²) in [6.07, 6.45) is 0.802. The normalized spacial score (nSPS) is 11.3. The molecule has 0 saturated heterocycles. The minimum Gasteiger partial charge on any atom is -0.354 e. The van der Waals surface area contributed by atoms with Crippen LogP contribution in [-0.2, 0) is 18.4 Å². The molecule has 0 saturated carbocycles. The second-order valence-corrected chi connectivity index (χ2v) is 9.10. The minimum atomic E-state index is -0.485. The zero-order valence-electron chi connectivity index (χ0n) is 19.8. The number of ketones is 1. The molecule has 34 heavy (non-hydrogen) atoms. The van der Waals surface area contributed by atoms with Crippen LogP contribution in [0.1, 0.15) is 56.6 Å². The van der Waals surface area contributed by atoms with Crippen molar-refractivity contribution >= 4 is 45.7 Å². The van der Waals surface area contributed by atoms with E-state index in [1.807, 2.05) is 26.0 Å². The van der Waals surface area contributed by atoms with Gasteiger partial charge in [-0.1, -0.05) is 18.5 Å². The highest BCUT2D eigenvalue weighted by atomic mass is 35.5. The Morgan fingerprint density at radius 2 is 1.94 bits per heavy atom. The lowest BCUT2D eigenvalue weighted by atomic mass is 10.0. The van der Waals surface area contributed by atoms with Gasteiger partial charge in [0, 0.05) is 38.2 Å². The Bertz CT molecular complexity index is 1380. The van der Waals surface area contributed by atoms with Crippen molar-refractivity contribution in [3.05, 3.63) is 51.2 Å². The number of aryl methyl sites for hydroxylation is 2. The van der Waals surface area contributed by atoms with Crippen LogP contribution in [0.2, 0.25) is 5.15 Å². The smallest absolute Gasteiger partial charge is 0.328 e. The van der Waals surface area contributed by atoms with E-state index in [0.717, 1.165) is 5.52 Å². The van der Waals surface area contributed by atoms with Gasteiger partial charge in [-0.25, -0.2) is 9.78 Å². The van der Waals surface area contributed by atoms with Gasteiger partial charge >= 0.3 is 5.69 Å². The third kappa shape index (κ3) is 5.13.